The molecule has 132 valence electrons. The van der Waals surface area contributed by atoms with Crippen molar-refractivity contribution in [1.29, 1.82) is 0 Å². The lowest BCUT2D eigenvalue weighted by Crippen LogP contribution is -2.44. The van der Waals surface area contributed by atoms with Gasteiger partial charge in [-0.3, -0.25) is 9.74 Å². The van der Waals surface area contributed by atoms with E-state index in [1.165, 1.54) is 4.90 Å². The predicted octanol–water partition coefficient (Wildman–Crippen LogP) is 2.40. The van der Waals surface area contributed by atoms with Gasteiger partial charge in [-0.25, -0.2) is 16.2 Å². The van der Waals surface area contributed by atoms with E-state index >= 15 is 0 Å². The highest BCUT2D eigenvalue weighted by Gasteiger charge is 2.54. The molecule has 0 aliphatic carbocycles. The second kappa shape index (κ2) is 6.64. The molecule has 2 saturated heterocycles. The van der Waals surface area contributed by atoms with Gasteiger partial charge in [0.2, 0.25) is 0 Å². The molecule has 0 spiro atoms. The fourth-order valence-corrected chi connectivity index (χ4v) is 2.83. The largest absolute Gasteiger partial charge is 0.477 e. The van der Waals surface area contributed by atoms with E-state index in [1.54, 1.807) is 30.3 Å². The Bertz CT molecular complexity index is 707. The molecule has 0 unspecified atom stereocenters. The Morgan fingerprint density at radius 1 is 1.32 bits per heavy atom. The Hall–Kier alpha value is -2.73. The molecule has 2 atom stereocenters. The van der Waals surface area contributed by atoms with Gasteiger partial charge >= 0.3 is 24.3 Å². The van der Waals surface area contributed by atoms with Gasteiger partial charge in [-0.05, 0) is 12.0 Å². The zero-order valence-electron chi connectivity index (χ0n) is 13.1. The van der Waals surface area contributed by atoms with Crippen LogP contribution in [0.15, 0.2) is 30.3 Å². The maximum Gasteiger partial charge on any atom is 0.477 e. The number of benzene rings is 1. The summed E-state index contributed by atoms with van der Waals surface area (Å²) in [5.41, 5.74) is 0.547. The third-order valence-corrected chi connectivity index (χ3v) is 4.10. The summed E-state index contributed by atoms with van der Waals surface area (Å²) in [5.74, 6) is -1.87. The van der Waals surface area contributed by atoms with Gasteiger partial charge in [0.1, 0.15) is 6.61 Å². The zero-order valence-corrected chi connectivity index (χ0v) is 13.1. The Morgan fingerprint density at radius 2 is 2.04 bits per heavy atom. The Labute approximate surface area is 142 Å². The van der Waals surface area contributed by atoms with Crippen molar-refractivity contribution in [3.05, 3.63) is 47.3 Å². The Morgan fingerprint density at radius 3 is 2.72 bits per heavy atom. The molecule has 1 aromatic carbocycles. The summed E-state index contributed by atoms with van der Waals surface area (Å²) in [4.78, 5) is 32.7. The Kier molecular flexibility index (Phi) is 4.55. The fourth-order valence-electron chi connectivity index (χ4n) is 2.83. The van der Waals surface area contributed by atoms with Crippen molar-refractivity contribution in [2.75, 3.05) is 6.54 Å². The minimum absolute atomic E-state index is 0.126. The molecule has 2 aliphatic heterocycles. The van der Waals surface area contributed by atoms with Crippen LogP contribution in [0.1, 0.15) is 18.4 Å². The van der Waals surface area contributed by atoms with Gasteiger partial charge in [-0.1, -0.05) is 30.3 Å². The number of rotatable bonds is 5. The number of alkyl halides is 2. The van der Waals surface area contributed by atoms with Crippen LogP contribution in [0.25, 0.3) is 4.85 Å². The third kappa shape index (κ3) is 3.39. The lowest BCUT2D eigenvalue weighted by Gasteiger charge is -2.25. The van der Waals surface area contributed by atoms with Crippen LogP contribution < -0.4 is 0 Å². The number of nitrogens with zero attached hydrogens (tertiary/aromatic N) is 3. The summed E-state index contributed by atoms with van der Waals surface area (Å²) in [6, 6.07) is 6.91. The summed E-state index contributed by atoms with van der Waals surface area (Å²) in [6.45, 7) is 6.83. The first-order valence-electron chi connectivity index (χ1n) is 7.67. The molecule has 2 heterocycles. The van der Waals surface area contributed by atoms with Gasteiger partial charge in [-0.2, -0.15) is 18.7 Å². The number of hydrogen-bond donors (Lipinski definition) is 0. The number of hydroxylamine groups is 2. The van der Waals surface area contributed by atoms with Crippen molar-refractivity contribution < 1.29 is 27.9 Å². The average molecular weight is 351 g/mol. The third-order valence-electron chi connectivity index (χ3n) is 4.10. The summed E-state index contributed by atoms with van der Waals surface area (Å²) >= 11 is 0. The smallest absolute Gasteiger partial charge is 0.454 e. The van der Waals surface area contributed by atoms with E-state index in [2.05, 4.69) is 14.4 Å². The topological polar surface area (TPSA) is 63.4 Å². The average Bonchev–Trinajstić information content (AvgIpc) is 2.85. The predicted molar refractivity (Wildman–Crippen MR) is 79.6 cm³/mol. The summed E-state index contributed by atoms with van der Waals surface area (Å²) in [5, 5.41) is 0.495. The molecule has 2 fully saturated rings. The van der Waals surface area contributed by atoms with Crippen LogP contribution in [0.3, 0.4) is 0 Å². The van der Waals surface area contributed by atoms with Crippen molar-refractivity contribution in [3.8, 4) is 0 Å². The number of urea groups is 1. The van der Waals surface area contributed by atoms with Crippen molar-refractivity contribution in [2.24, 2.45) is 0 Å². The lowest BCUT2D eigenvalue weighted by atomic mass is 10.1. The number of carbonyl (C=O) groups excluding carboxylic acids is 2. The molecule has 0 aromatic heterocycles. The summed E-state index contributed by atoms with van der Waals surface area (Å²) in [6.07, 6.45) is -4.25. The molecule has 0 saturated carbocycles. The number of carbonyl (C=O) groups is 2. The van der Waals surface area contributed by atoms with Crippen LogP contribution in [0.5, 0.6) is 0 Å². The maximum absolute atomic E-state index is 14.0. The number of ether oxygens (including phenoxy) is 1. The molecule has 1 aromatic rings. The highest BCUT2D eigenvalue weighted by atomic mass is 19.3. The standard InChI is InChI=1S/C16H15F2N3O4/c1-19-13-8-7-12-9-20(13)15(23)21(12)25-16(17,18)14(22)24-10-11-5-3-2-4-6-11/h2-6,12-13H,7-10H2/t12-,13+/m1/s1. The number of esters is 1. The molecule has 9 heteroatoms. The summed E-state index contributed by atoms with van der Waals surface area (Å²) < 4.78 is 32.6. The lowest BCUT2D eigenvalue weighted by molar-refractivity contribution is -0.329. The first-order valence-corrected chi connectivity index (χ1v) is 7.67. The fraction of sp³-hybridized carbons (Fsp3) is 0.438. The van der Waals surface area contributed by atoms with Crippen molar-refractivity contribution in [2.45, 2.75) is 37.8 Å². The van der Waals surface area contributed by atoms with Crippen LogP contribution in [0, 0.1) is 6.57 Å². The second-order valence-electron chi connectivity index (χ2n) is 5.77. The van der Waals surface area contributed by atoms with Crippen molar-refractivity contribution >= 4 is 12.0 Å². The normalized spacial score (nSPS) is 22.7. The molecular weight excluding hydrogens is 336 g/mol. The molecule has 0 N–H and O–H groups in total. The minimum atomic E-state index is -4.29. The van der Waals surface area contributed by atoms with E-state index in [4.69, 9.17) is 6.57 Å². The van der Waals surface area contributed by atoms with E-state index in [1.807, 2.05) is 0 Å². The molecule has 2 bridgehead atoms. The van der Waals surface area contributed by atoms with Gasteiger partial charge in [0.25, 0.3) is 0 Å². The van der Waals surface area contributed by atoms with Gasteiger partial charge < -0.3 is 4.74 Å². The highest BCUT2D eigenvalue weighted by molar-refractivity contribution is 5.79. The highest BCUT2D eigenvalue weighted by Crippen LogP contribution is 2.33. The molecule has 25 heavy (non-hydrogen) atoms. The number of piperidine rings is 1. The first-order chi connectivity index (χ1) is 11.9. The zero-order chi connectivity index (χ0) is 18.0. The van der Waals surface area contributed by atoms with Gasteiger partial charge in [0.15, 0.2) is 0 Å². The van der Waals surface area contributed by atoms with Crippen LogP contribution >= 0.6 is 0 Å². The number of halogens is 2. The second-order valence-corrected chi connectivity index (χ2v) is 5.77. The van der Waals surface area contributed by atoms with Crippen LogP contribution in [0.4, 0.5) is 13.6 Å². The van der Waals surface area contributed by atoms with E-state index in [9.17, 15) is 18.4 Å². The maximum atomic E-state index is 14.0. The van der Waals surface area contributed by atoms with Crippen molar-refractivity contribution in [1.82, 2.24) is 9.96 Å². The molecule has 0 radical (unpaired) electrons. The van der Waals surface area contributed by atoms with Crippen LogP contribution in [-0.4, -0.2) is 46.8 Å². The van der Waals surface area contributed by atoms with Crippen LogP contribution in [-0.2, 0) is 21.0 Å². The van der Waals surface area contributed by atoms with Gasteiger partial charge in [0.05, 0.1) is 12.6 Å². The van der Waals surface area contributed by atoms with E-state index in [0.717, 1.165) is 0 Å². The number of hydrogen-bond acceptors (Lipinski definition) is 4. The first kappa shape index (κ1) is 17.1. The van der Waals surface area contributed by atoms with Crippen molar-refractivity contribution in [3.63, 3.8) is 0 Å². The van der Waals surface area contributed by atoms with Crippen LogP contribution in [0.2, 0.25) is 0 Å². The number of amides is 2. The summed E-state index contributed by atoms with van der Waals surface area (Å²) in [7, 11) is 0. The molecule has 7 nitrogen and oxygen atoms in total. The quantitative estimate of drug-likeness (QED) is 0.604. The van der Waals surface area contributed by atoms with E-state index in [0.29, 0.717) is 23.5 Å². The minimum Gasteiger partial charge on any atom is -0.454 e. The van der Waals surface area contributed by atoms with E-state index in [-0.39, 0.29) is 13.2 Å². The Balaban J connectivity index is 1.62. The number of fused-ring (bicyclic) bond motifs is 2. The van der Waals surface area contributed by atoms with Gasteiger partial charge in [0, 0.05) is 6.42 Å². The van der Waals surface area contributed by atoms with E-state index < -0.39 is 30.3 Å². The molecule has 3 rings (SSSR count). The molecule has 2 aliphatic rings. The SMILES string of the molecule is [C-]#[N+][C@@H]1CC[C@@H]2CN1C(=O)N2OC(F)(F)C(=O)OCc1ccccc1. The monoisotopic (exact) mass is 351 g/mol. The molecule has 2 amide bonds. The molecular formula is C16H15F2N3O4. The van der Waals surface area contributed by atoms with Gasteiger partial charge in [-0.15, -0.1) is 0 Å².